The van der Waals surface area contributed by atoms with Crippen LogP contribution in [-0.2, 0) is 14.3 Å². The summed E-state index contributed by atoms with van der Waals surface area (Å²) in [6.45, 7) is 0.0338. The Labute approximate surface area is 134 Å². The smallest absolute Gasteiger partial charge is 0.350 e. The molecule has 1 amide bonds. The largest absolute Gasteiger partial charge is 0.394 e. The third kappa shape index (κ3) is 3.84. The van der Waals surface area contributed by atoms with E-state index in [-0.39, 0.29) is 26.2 Å². The maximum Gasteiger partial charge on any atom is 0.350 e. The number of aromatic amines is 1. The van der Waals surface area contributed by atoms with Gasteiger partial charge in [0, 0.05) is 13.0 Å². The topological polar surface area (TPSA) is 166 Å². The molecule has 1 aromatic heterocycles. The Kier molecular flexibility index (Phi) is 5.78. The van der Waals surface area contributed by atoms with Crippen molar-refractivity contribution in [2.75, 3.05) is 19.8 Å². The lowest BCUT2D eigenvalue weighted by Crippen LogP contribution is -2.33. The third-order valence-electron chi connectivity index (χ3n) is 3.48. The molecular weight excluding hydrogens is 328 g/mol. The van der Waals surface area contributed by atoms with Crippen molar-refractivity contribution in [3.8, 4) is 0 Å². The summed E-state index contributed by atoms with van der Waals surface area (Å²) >= 11 is 0. The van der Waals surface area contributed by atoms with E-state index in [4.69, 9.17) is 9.47 Å². The minimum absolute atomic E-state index is 0.134. The van der Waals surface area contributed by atoms with Gasteiger partial charge in [0.1, 0.15) is 12.3 Å². The molecule has 24 heavy (non-hydrogen) atoms. The van der Waals surface area contributed by atoms with Crippen molar-refractivity contribution in [2.45, 2.75) is 24.9 Å². The standard InChI is InChI=1S/C12H16N4O8/c17-5-9-8(23-2-1-13-6-18)3-10(24-9)15-4-7(16(21)22)11(19)14-12(15)20/h4,6,8-10,17H,1-3,5H2,(H,13,18)(H,14,19,20)/t8-,9+,10-/m0/s1. The van der Waals surface area contributed by atoms with Crippen LogP contribution in [0.2, 0.25) is 0 Å². The van der Waals surface area contributed by atoms with Crippen LogP contribution in [0.4, 0.5) is 5.69 Å². The van der Waals surface area contributed by atoms with Gasteiger partial charge in [0.25, 0.3) is 0 Å². The van der Waals surface area contributed by atoms with E-state index >= 15 is 0 Å². The van der Waals surface area contributed by atoms with E-state index in [1.54, 1.807) is 0 Å². The SMILES string of the molecule is O=CNCCO[C@H]1C[C@@H](n2cc([N+](=O)[O-])c(=O)[nH]c2=O)O[C@@H]1CO. The summed E-state index contributed by atoms with van der Waals surface area (Å²) in [5, 5.41) is 22.6. The molecule has 2 heterocycles. The second-order valence-electron chi connectivity index (χ2n) is 4.97. The first-order chi connectivity index (χ1) is 11.5. The molecule has 1 aliphatic rings. The van der Waals surface area contributed by atoms with Crippen molar-refractivity contribution in [1.82, 2.24) is 14.9 Å². The van der Waals surface area contributed by atoms with Gasteiger partial charge in [-0.25, -0.2) is 4.79 Å². The van der Waals surface area contributed by atoms with Gasteiger partial charge in [-0.3, -0.25) is 29.3 Å². The van der Waals surface area contributed by atoms with E-state index < -0.39 is 40.3 Å². The number of amides is 1. The van der Waals surface area contributed by atoms with Crippen molar-refractivity contribution < 1.29 is 24.3 Å². The number of nitrogens with one attached hydrogen (secondary N) is 2. The highest BCUT2D eigenvalue weighted by molar-refractivity contribution is 5.45. The summed E-state index contributed by atoms with van der Waals surface area (Å²) in [4.78, 5) is 45.2. The highest BCUT2D eigenvalue weighted by atomic mass is 16.6. The predicted octanol–water partition coefficient (Wildman–Crippen LogP) is -2.14. The number of nitro groups is 1. The number of hydrogen-bond donors (Lipinski definition) is 3. The molecule has 12 nitrogen and oxygen atoms in total. The molecule has 0 saturated carbocycles. The maximum absolute atomic E-state index is 11.9. The van der Waals surface area contributed by atoms with Crippen LogP contribution in [0.5, 0.6) is 0 Å². The molecule has 0 aromatic carbocycles. The minimum atomic E-state index is -1.11. The minimum Gasteiger partial charge on any atom is -0.394 e. The summed E-state index contributed by atoms with van der Waals surface area (Å²) in [7, 11) is 0. The molecule has 1 saturated heterocycles. The summed E-state index contributed by atoms with van der Waals surface area (Å²) < 4.78 is 11.8. The Hall–Kier alpha value is -2.57. The molecule has 2 rings (SSSR count). The van der Waals surface area contributed by atoms with Gasteiger partial charge in [-0.15, -0.1) is 0 Å². The zero-order valence-corrected chi connectivity index (χ0v) is 12.4. The van der Waals surface area contributed by atoms with Gasteiger partial charge < -0.3 is 19.9 Å². The molecule has 132 valence electrons. The molecule has 12 heteroatoms. The van der Waals surface area contributed by atoms with E-state index in [2.05, 4.69) is 5.32 Å². The van der Waals surface area contributed by atoms with E-state index in [9.17, 15) is 29.6 Å². The van der Waals surface area contributed by atoms with Crippen LogP contribution in [0, 0.1) is 10.1 Å². The Morgan fingerprint density at radius 2 is 2.33 bits per heavy atom. The van der Waals surface area contributed by atoms with E-state index in [0.717, 1.165) is 10.8 Å². The van der Waals surface area contributed by atoms with Crippen LogP contribution in [0.25, 0.3) is 0 Å². The van der Waals surface area contributed by atoms with Gasteiger partial charge in [-0.1, -0.05) is 0 Å². The van der Waals surface area contributed by atoms with Gasteiger partial charge in [0.05, 0.1) is 30.4 Å². The third-order valence-corrected chi connectivity index (χ3v) is 3.48. The molecule has 0 bridgehead atoms. The fourth-order valence-corrected chi connectivity index (χ4v) is 2.36. The summed E-state index contributed by atoms with van der Waals surface area (Å²) in [6.07, 6.45) is -0.809. The average Bonchev–Trinajstić information content (AvgIpc) is 2.94. The van der Waals surface area contributed by atoms with E-state index in [1.807, 2.05) is 4.98 Å². The first-order valence-corrected chi connectivity index (χ1v) is 7.02. The lowest BCUT2D eigenvalue weighted by molar-refractivity contribution is -0.387. The highest BCUT2D eigenvalue weighted by Gasteiger charge is 2.37. The fourth-order valence-electron chi connectivity index (χ4n) is 2.36. The van der Waals surface area contributed by atoms with Crippen LogP contribution < -0.4 is 16.6 Å². The number of rotatable bonds is 8. The van der Waals surface area contributed by atoms with Gasteiger partial charge in [0.2, 0.25) is 6.41 Å². The Bertz CT molecular complexity index is 714. The number of carbonyl (C=O) groups excluding carboxylic acids is 1. The number of hydrogen-bond acceptors (Lipinski definition) is 8. The number of aliphatic hydroxyl groups excluding tert-OH is 1. The zero-order valence-electron chi connectivity index (χ0n) is 12.4. The number of aromatic nitrogens is 2. The monoisotopic (exact) mass is 344 g/mol. The van der Waals surface area contributed by atoms with Crippen molar-refractivity contribution >= 4 is 12.1 Å². The number of nitrogens with zero attached hydrogens (tertiary/aromatic N) is 2. The molecule has 0 aliphatic carbocycles. The second-order valence-corrected chi connectivity index (χ2v) is 4.97. The van der Waals surface area contributed by atoms with Gasteiger partial charge in [-0.2, -0.15) is 0 Å². The van der Waals surface area contributed by atoms with Crippen molar-refractivity contribution in [3.05, 3.63) is 37.1 Å². The number of aliphatic hydroxyl groups is 1. The molecule has 3 atom stereocenters. The lowest BCUT2D eigenvalue weighted by atomic mass is 10.2. The average molecular weight is 344 g/mol. The molecule has 1 fully saturated rings. The lowest BCUT2D eigenvalue weighted by Gasteiger charge is -2.16. The molecule has 3 N–H and O–H groups in total. The van der Waals surface area contributed by atoms with E-state index in [0.29, 0.717) is 6.41 Å². The second kappa shape index (κ2) is 7.81. The number of H-pyrrole nitrogens is 1. The summed E-state index contributed by atoms with van der Waals surface area (Å²) in [6, 6.07) is 0. The molecule has 0 spiro atoms. The summed E-state index contributed by atoms with van der Waals surface area (Å²) in [5.41, 5.74) is -2.76. The van der Waals surface area contributed by atoms with Crippen LogP contribution in [-0.4, -0.2) is 58.0 Å². The number of ether oxygens (including phenoxy) is 2. The van der Waals surface area contributed by atoms with Crippen LogP contribution in [0.3, 0.4) is 0 Å². The first-order valence-electron chi connectivity index (χ1n) is 7.02. The Morgan fingerprint density at radius 1 is 1.58 bits per heavy atom. The molecule has 1 aliphatic heterocycles. The van der Waals surface area contributed by atoms with Crippen LogP contribution in [0.15, 0.2) is 15.8 Å². The Morgan fingerprint density at radius 3 is 2.96 bits per heavy atom. The van der Waals surface area contributed by atoms with Gasteiger partial charge in [-0.05, 0) is 0 Å². The fraction of sp³-hybridized carbons (Fsp3) is 0.583. The van der Waals surface area contributed by atoms with Gasteiger partial charge >= 0.3 is 16.9 Å². The van der Waals surface area contributed by atoms with Crippen LogP contribution in [0.1, 0.15) is 12.6 Å². The highest BCUT2D eigenvalue weighted by Crippen LogP contribution is 2.29. The van der Waals surface area contributed by atoms with Crippen molar-refractivity contribution in [1.29, 1.82) is 0 Å². The first kappa shape index (κ1) is 17.8. The zero-order chi connectivity index (χ0) is 17.7. The van der Waals surface area contributed by atoms with Crippen molar-refractivity contribution in [2.24, 2.45) is 0 Å². The summed E-state index contributed by atoms with van der Waals surface area (Å²) in [5.74, 6) is 0. The van der Waals surface area contributed by atoms with Crippen LogP contribution >= 0.6 is 0 Å². The predicted molar refractivity (Wildman–Crippen MR) is 77.4 cm³/mol. The van der Waals surface area contributed by atoms with Gasteiger partial charge in [0.15, 0.2) is 0 Å². The quantitative estimate of drug-likeness (QED) is 0.208. The van der Waals surface area contributed by atoms with E-state index in [1.165, 1.54) is 0 Å². The maximum atomic E-state index is 11.9. The molecule has 0 radical (unpaired) electrons. The molecule has 0 unspecified atom stereocenters. The van der Waals surface area contributed by atoms with Crippen molar-refractivity contribution in [3.63, 3.8) is 0 Å². The molecular formula is C12H16N4O8. The molecule has 1 aromatic rings. The normalized spacial score (nSPS) is 23.1. The number of carbonyl (C=O) groups is 1. The Balaban J connectivity index is 2.17.